The molecule has 0 spiro atoms. The summed E-state index contributed by atoms with van der Waals surface area (Å²) in [5.74, 6) is 0.0753. The summed E-state index contributed by atoms with van der Waals surface area (Å²) in [6.07, 6.45) is 1.81. The SMILES string of the molecule is CCN(C)C(=O)Cn1c(C)c[nH]c1=S. The van der Waals surface area contributed by atoms with E-state index < -0.39 is 0 Å². The summed E-state index contributed by atoms with van der Waals surface area (Å²) < 4.78 is 2.39. The molecule has 0 aliphatic heterocycles. The van der Waals surface area contributed by atoms with E-state index in [0.717, 1.165) is 12.2 Å². The number of carbonyl (C=O) groups excluding carboxylic acids is 1. The van der Waals surface area contributed by atoms with Crippen molar-refractivity contribution in [2.45, 2.75) is 20.4 Å². The number of carbonyl (C=O) groups is 1. The zero-order valence-electron chi connectivity index (χ0n) is 8.70. The molecule has 0 saturated carbocycles. The topological polar surface area (TPSA) is 41.0 Å². The molecule has 0 bridgehead atoms. The first kappa shape index (κ1) is 11.0. The van der Waals surface area contributed by atoms with Crippen LogP contribution in [0, 0.1) is 11.7 Å². The van der Waals surface area contributed by atoms with Crippen molar-refractivity contribution in [2.75, 3.05) is 13.6 Å². The molecular formula is C9H15N3OS. The van der Waals surface area contributed by atoms with Crippen LogP contribution in [0.5, 0.6) is 0 Å². The Morgan fingerprint density at radius 1 is 1.71 bits per heavy atom. The highest BCUT2D eigenvalue weighted by Gasteiger charge is 2.09. The third kappa shape index (κ3) is 2.23. The minimum Gasteiger partial charge on any atom is -0.344 e. The van der Waals surface area contributed by atoms with Gasteiger partial charge in [-0.2, -0.15) is 0 Å². The zero-order valence-corrected chi connectivity index (χ0v) is 9.52. The number of amides is 1. The number of imidazole rings is 1. The number of hydrogen-bond acceptors (Lipinski definition) is 2. The fraction of sp³-hybridized carbons (Fsp3) is 0.556. The smallest absolute Gasteiger partial charge is 0.242 e. The number of aromatic amines is 1. The standard InChI is InChI=1S/C9H15N3OS/c1-4-11(3)8(13)6-12-7(2)5-10-9(12)14/h5H,4,6H2,1-3H3,(H,10,14). The second-order valence-electron chi connectivity index (χ2n) is 3.23. The Morgan fingerprint density at radius 3 is 2.79 bits per heavy atom. The molecule has 1 aromatic rings. The van der Waals surface area contributed by atoms with Crippen LogP contribution >= 0.6 is 12.2 Å². The van der Waals surface area contributed by atoms with Crippen molar-refractivity contribution in [2.24, 2.45) is 0 Å². The highest BCUT2D eigenvalue weighted by atomic mass is 32.1. The lowest BCUT2D eigenvalue weighted by Gasteiger charge is -2.15. The van der Waals surface area contributed by atoms with Gasteiger partial charge >= 0.3 is 0 Å². The maximum atomic E-state index is 11.6. The summed E-state index contributed by atoms with van der Waals surface area (Å²) in [5, 5.41) is 0. The van der Waals surface area contributed by atoms with E-state index in [4.69, 9.17) is 12.2 Å². The molecule has 1 N–H and O–H groups in total. The van der Waals surface area contributed by atoms with Crippen LogP contribution in [0.2, 0.25) is 0 Å². The first-order valence-corrected chi connectivity index (χ1v) is 4.95. The van der Waals surface area contributed by atoms with Gasteiger partial charge < -0.3 is 14.5 Å². The second kappa shape index (κ2) is 4.41. The Kier molecular flexibility index (Phi) is 3.46. The van der Waals surface area contributed by atoms with Gasteiger partial charge in [0.2, 0.25) is 5.91 Å². The summed E-state index contributed by atoms with van der Waals surface area (Å²) in [4.78, 5) is 16.2. The second-order valence-corrected chi connectivity index (χ2v) is 3.62. The number of nitrogens with one attached hydrogen (secondary N) is 1. The number of nitrogens with zero attached hydrogens (tertiary/aromatic N) is 2. The Bertz CT molecular complexity index is 380. The lowest BCUT2D eigenvalue weighted by Crippen LogP contribution is -2.30. The van der Waals surface area contributed by atoms with Gasteiger partial charge in [-0.1, -0.05) is 0 Å². The van der Waals surface area contributed by atoms with Gasteiger partial charge in [0.15, 0.2) is 4.77 Å². The predicted molar refractivity (Wildman–Crippen MR) is 57.7 cm³/mol. The molecule has 0 aliphatic carbocycles. The first-order chi connectivity index (χ1) is 6.56. The molecule has 1 aromatic heterocycles. The average molecular weight is 213 g/mol. The van der Waals surface area contributed by atoms with Gasteiger partial charge in [-0.3, -0.25) is 4.79 Å². The number of likely N-dealkylation sites (N-methyl/N-ethyl adjacent to an activating group) is 1. The van der Waals surface area contributed by atoms with E-state index in [1.165, 1.54) is 0 Å². The fourth-order valence-corrected chi connectivity index (χ4v) is 1.38. The molecule has 0 fully saturated rings. The number of rotatable bonds is 3. The number of aromatic nitrogens is 2. The fourth-order valence-electron chi connectivity index (χ4n) is 1.11. The monoisotopic (exact) mass is 213 g/mol. The van der Waals surface area contributed by atoms with E-state index >= 15 is 0 Å². The van der Waals surface area contributed by atoms with Crippen LogP contribution in [0.4, 0.5) is 0 Å². The molecule has 1 heterocycles. The molecule has 78 valence electrons. The number of H-pyrrole nitrogens is 1. The molecule has 0 saturated heterocycles. The Hall–Kier alpha value is -1.10. The van der Waals surface area contributed by atoms with Crippen molar-refractivity contribution in [3.8, 4) is 0 Å². The highest BCUT2D eigenvalue weighted by molar-refractivity contribution is 7.71. The summed E-state index contributed by atoms with van der Waals surface area (Å²) >= 11 is 5.05. The summed E-state index contributed by atoms with van der Waals surface area (Å²) in [7, 11) is 1.79. The molecule has 0 aromatic carbocycles. The van der Waals surface area contributed by atoms with E-state index in [9.17, 15) is 4.79 Å². The molecule has 0 aliphatic rings. The molecule has 4 nitrogen and oxygen atoms in total. The third-order valence-electron chi connectivity index (χ3n) is 2.27. The van der Waals surface area contributed by atoms with E-state index in [0.29, 0.717) is 11.3 Å². The van der Waals surface area contributed by atoms with Gasteiger partial charge in [0.05, 0.1) is 0 Å². The maximum absolute atomic E-state index is 11.6. The molecule has 1 rings (SSSR count). The molecule has 14 heavy (non-hydrogen) atoms. The Morgan fingerprint density at radius 2 is 2.36 bits per heavy atom. The van der Waals surface area contributed by atoms with Crippen molar-refractivity contribution in [3.63, 3.8) is 0 Å². The van der Waals surface area contributed by atoms with Crippen LogP contribution in [0.15, 0.2) is 6.20 Å². The van der Waals surface area contributed by atoms with Gasteiger partial charge in [0.25, 0.3) is 0 Å². The highest BCUT2D eigenvalue weighted by Crippen LogP contribution is 2.00. The van der Waals surface area contributed by atoms with Crippen LogP contribution in [0.1, 0.15) is 12.6 Å². The predicted octanol–water partition coefficient (Wildman–Crippen LogP) is 1.33. The number of aryl methyl sites for hydroxylation is 1. The molecule has 5 heteroatoms. The van der Waals surface area contributed by atoms with E-state index in [-0.39, 0.29) is 5.91 Å². The van der Waals surface area contributed by atoms with Gasteiger partial charge in [-0.15, -0.1) is 0 Å². The van der Waals surface area contributed by atoms with Crippen molar-refractivity contribution >= 4 is 18.1 Å². The lowest BCUT2D eigenvalue weighted by molar-refractivity contribution is -0.130. The molecule has 0 radical (unpaired) electrons. The average Bonchev–Trinajstić information content (AvgIpc) is 2.48. The van der Waals surface area contributed by atoms with Gasteiger partial charge in [-0.05, 0) is 26.1 Å². The minimum atomic E-state index is 0.0753. The maximum Gasteiger partial charge on any atom is 0.242 e. The first-order valence-electron chi connectivity index (χ1n) is 4.55. The van der Waals surface area contributed by atoms with Crippen molar-refractivity contribution in [1.29, 1.82) is 0 Å². The largest absolute Gasteiger partial charge is 0.344 e. The Labute approximate surface area is 88.5 Å². The van der Waals surface area contributed by atoms with Gasteiger partial charge in [0.1, 0.15) is 6.54 Å². The van der Waals surface area contributed by atoms with Crippen LogP contribution in [-0.2, 0) is 11.3 Å². The zero-order chi connectivity index (χ0) is 10.7. The Balaban J connectivity index is 2.79. The number of hydrogen-bond donors (Lipinski definition) is 1. The minimum absolute atomic E-state index is 0.0753. The van der Waals surface area contributed by atoms with Crippen molar-refractivity contribution in [1.82, 2.24) is 14.5 Å². The lowest BCUT2D eigenvalue weighted by atomic mass is 10.4. The van der Waals surface area contributed by atoms with Crippen molar-refractivity contribution < 1.29 is 4.79 Å². The molecule has 0 unspecified atom stereocenters. The van der Waals surface area contributed by atoms with Gasteiger partial charge in [0, 0.05) is 25.5 Å². The van der Waals surface area contributed by atoms with Gasteiger partial charge in [-0.25, -0.2) is 0 Å². The third-order valence-corrected chi connectivity index (χ3v) is 2.61. The van der Waals surface area contributed by atoms with Crippen LogP contribution < -0.4 is 0 Å². The molecular weight excluding hydrogens is 198 g/mol. The quantitative estimate of drug-likeness (QED) is 0.770. The van der Waals surface area contributed by atoms with E-state index in [1.807, 2.05) is 20.0 Å². The normalized spacial score (nSPS) is 10.2. The summed E-state index contributed by atoms with van der Waals surface area (Å²) in [6, 6.07) is 0. The van der Waals surface area contributed by atoms with Crippen LogP contribution in [0.3, 0.4) is 0 Å². The summed E-state index contributed by atoms with van der Waals surface area (Å²) in [5.41, 5.74) is 0.979. The van der Waals surface area contributed by atoms with E-state index in [1.54, 1.807) is 16.5 Å². The van der Waals surface area contributed by atoms with Crippen LogP contribution in [0.25, 0.3) is 0 Å². The van der Waals surface area contributed by atoms with E-state index in [2.05, 4.69) is 4.98 Å². The van der Waals surface area contributed by atoms with Crippen LogP contribution in [-0.4, -0.2) is 34.0 Å². The summed E-state index contributed by atoms with van der Waals surface area (Å²) in [6.45, 7) is 4.90. The molecule has 0 atom stereocenters. The molecule has 1 amide bonds. The van der Waals surface area contributed by atoms with Crippen molar-refractivity contribution in [3.05, 3.63) is 16.7 Å².